The second-order valence-electron chi connectivity index (χ2n) is 7.33. The van der Waals surface area contributed by atoms with E-state index in [1.54, 1.807) is 43.6 Å². The molecular weight excluding hydrogens is 483 g/mol. The maximum absolute atomic E-state index is 14.2. The Morgan fingerprint density at radius 2 is 1.85 bits per heavy atom. The van der Waals surface area contributed by atoms with E-state index >= 15 is 0 Å². The van der Waals surface area contributed by atoms with Gasteiger partial charge in [0.05, 0.1) is 19.6 Å². The molecule has 0 aliphatic carbocycles. The van der Waals surface area contributed by atoms with E-state index in [1.807, 2.05) is 19.9 Å². The number of benzene rings is 2. The first kappa shape index (κ1) is 23.2. The molecule has 4 rings (SSSR count). The number of pyridine rings is 1. The number of amides is 2. The highest BCUT2D eigenvalue weighted by atomic mass is 35.5. The van der Waals surface area contributed by atoms with Crippen LogP contribution in [0.1, 0.15) is 11.1 Å². The fourth-order valence-corrected chi connectivity index (χ4v) is 5.38. The van der Waals surface area contributed by atoms with E-state index in [2.05, 4.69) is 15.4 Å². The number of nitrogens with zero attached hydrogens (tertiary/aromatic N) is 1. The normalized spacial score (nSPS) is 10.9. The van der Waals surface area contributed by atoms with Crippen LogP contribution in [0.15, 0.2) is 57.7 Å². The molecule has 0 radical (unpaired) electrons. The van der Waals surface area contributed by atoms with Crippen LogP contribution in [-0.2, 0) is 0 Å². The Kier molecular flexibility index (Phi) is 6.64. The molecule has 0 saturated carbocycles. The van der Waals surface area contributed by atoms with E-state index in [-0.39, 0.29) is 17.0 Å². The quantitative estimate of drug-likeness (QED) is 0.279. The first-order valence-corrected chi connectivity index (χ1v) is 11.9. The number of thiophene rings is 1. The van der Waals surface area contributed by atoms with Crippen molar-refractivity contribution in [3.63, 3.8) is 0 Å². The van der Waals surface area contributed by atoms with Gasteiger partial charge in [-0.15, -0.1) is 11.3 Å². The Morgan fingerprint density at radius 3 is 2.48 bits per heavy atom. The summed E-state index contributed by atoms with van der Waals surface area (Å²) in [6.07, 6.45) is 1.67. The third kappa shape index (κ3) is 4.85. The van der Waals surface area contributed by atoms with E-state index < -0.39 is 5.82 Å². The fraction of sp³-hybridized carbons (Fsp3) is 0.130. The SMILES string of the molecule is CNc1cc2ccn(-c3cc(C)c(NC(=O)NSc4ccc(Cl)s4)c(C)c3)c(=O)c2cc1F. The lowest BCUT2D eigenvalue weighted by atomic mass is 10.1. The second-order valence-corrected chi connectivity index (χ2v) is 10.2. The number of aromatic nitrogens is 1. The van der Waals surface area contributed by atoms with Gasteiger partial charge >= 0.3 is 6.03 Å². The minimum absolute atomic E-state index is 0.289. The molecule has 4 aromatic rings. The highest BCUT2D eigenvalue weighted by Gasteiger charge is 2.13. The molecule has 2 aromatic heterocycles. The van der Waals surface area contributed by atoms with Gasteiger partial charge in [-0.2, -0.15) is 0 Å². The van der Waals surface area contributed by atoms with Crippen LogP contribution in [0, 0.1) is 19.7 Å². The highest BCUT2D eigenvalue weighted by Crippen LogP contribution is 2.29. The lowest BCUT2D eigenvalue weighted by Gasteiger charge is -2.16. The van der Waals surface area contributed by atoms with Crippen LogP contribution in [0.25, 0.3) is 16.5 Å². The Labute approximate surface area is 202 Å². The lowest BCUT2D eigenvalue weighted by Crippen LogP contribution is -2.24. The van der Waals surface area contributed by atoms with Gasteiger partial charge in [0.2, 0.25) is 0 Å². The first-order chi connectivity index (χ1) is 15.8. The summed E-state index contributed by atoms with van der Waals surface area (Å²) in [6, 6.07) is 11.5. The van der Waals surface area contributed by atoms with Crippen LogP contribution < -0.4 is 20.9 Å². The smallest absolute Gasteiger partial charge is 0.329 e. The molecule has 33 heavy (non-hydrogen) atoms. The van der Waals surface area contributed by atoms with Crippen LogP contribution >= 0.6 is 34.9 Å². The molecule has 0 aliphatic heterocycles. The van der Waals surface area contributed by atoms with Crippen molar-refractivity contribution in [1.82, 2.24) is 9.29 Å². The molecule has 0 unspecified atom stereocenters. The number of hydrogen-bond acceptors (Lipinski definition) is 5. The van der Waals surface area contributed by atoms with Crippen molar-refractivity contribution in [2.24, 2.45) is 0 Å². The third-order valence-corrected chi connectivity index (χ3v) is 7.24. The Balaban J connectivity index is 1.60. The zero-order valence-corrected chi connectivity index (χ0v) is 20.3. The molecule has 0 bridgehead atoms. The number of urea groups is 1. The van der Waals surface area contributed by atoms with Crippen molar-refractivity contribution in [3.8, 4) is 5.69 Å². The number of nitrogens with one attached hydrogen (secondary N) is 3. The van der Waals surface area contributed by atoms with Crippen LogP contribution in [-0.4, -0.2) is 17.6 Å². The van der Waals surface area contributed by atoms with E-state index in [4.69, 9.17) is 11.6 Å². The molecule has 0 aliphatic rings. The van der Waals surface area contributed by atoms with Crippen molar-refractivity contribution >= 4 is 63.1 Å². The summed E-state index contributed by atoms with van der Waals surface area (Å²) in [4.78, 5) is 25.4. The third-order valence-electron chi connectivity index (χ3n) is 5.09. The number of rotatable bonds is 5. The molecule has 6 nitrogen and oxygen atoms in total. The van der Waals surface area contributed by atoms with Crippen molar-refractivity contribution in [3.05, 3.63) is 80.3 Å². The minimum atomic E-state index is -0.486. The van der Waals surface area contributed by atoms with Gasteiger partial charge in [-0.1, -0.05) is 11.6 Å². The van der Waals surface area contributed by atoms with Gasteiger partial charge in [-0.3, -0.25) is 14.1 Å². The van der Waals surface area contributed by atoms with Gasteiger partial charge in [0, 0.05) is 24.6 Å². The zero-order valence-electron chi connectivity index (χ0n) is 18.0. The molecule has 0 atom stereocenters. The van der Waals surface area contributed by atoms with Gasteiger partial charge in [0.15, 0.2) is 0 Å². The minimum Gasteiger partial charge on any atom is -0.386 e. The van der Waals surface area contributed by atoms with E-state index in [0.29, 0.717) is 26.8 Å². The van der Waals surface area contributed by atoms with Gasteiger partial charge in [0.1, 0.15) is 5.82 Å². The van der Waals surface area contributed by atoms with E-state index in [9.17, 15) is 14.0 Å². The Hall–Kier alpha value is -3.01. The average Bonchev–Trinajstić information content (AvgIpc) is 3.20. The molecule has 3 N–H and O–H groups in total. The second kappa shape index (κ2) is 9.46. The molecule has 0 spiro atoms. The van der Waals surface area contributed by atoms with Crippen LogP contribution in [0.5, 0.6) is 0 Å². The zero-order chi connectivity index (χ0) is 23.7. The van der Waals surface area contributed by atoms with Crippen molar-refractivity contribution in [1.29, 1.82) is 0 Å². The van der Waals surface area contributed by atoms with E-state index in [0.717, 1.165) is 15.3 Å². The van der Waals surface area contributed by atoms with Gasteiger partial charge in [0.25, 0.3) is 5.56 Å². The average molecular weight is 503 g/mol. The molecule has 0 saturated heterocycles. The summed E-state index contributed by atoms with van der Waals surface area (Å²) in [5, 5.41) is 6.57. The summed E-state index contributed by atoms with van der Waals surface area (Å²) in [6.45, 7) is 3.70. The monoisotopic (exact) mass is 502 g/mol. The molecule has 170 valence electrons. The molecule has 2 amide bonds. The summed E-state index contributed by atoms with van der Waals surface area (Å²) in [5.41, 5.74) is 2.86. The summed E-state index contributed by atoms with van der Waals surface area (Å²) >= 11 is 8.46. The topological polar surface area (TPSA) is 75.2 Å². The molecule has 0 fully saturated rings. The summed E-state index contributed by atoms with van der Waals surface area (Å²) < 4.78 is 20.0. The lowest BCUT2D eigenvalue weighted by molar-refractivity contribution is 0.257. The number of aryl methyl sites for hydroxylation is 2. The maximum atomic E-state index is 14.2. The van der Waals surface area contributed by atoms with Crippen molar-refractivity contribution in [2.75, 3.05) is 17.7 Å². The largest absolute Gasteiger partial charge is 0.386 e. The standard InChI is InChI=1S/C23H20ClFN4O2S2/c1-12-8-15(29-7-6-14-10-18(26-3)17(25)11-16(14)22(29)30)9-13(2)21(12)27-23(31)28-33-20-5-4-19(24)32-20/h4-11,26H,1-3H3,(H2,27,28,31). The maximum Gasteiger partial charge on any atom is 0.329 e. The predicted molar refractivity (Wildman–Crippen MR) is 136 cm³/mol. The number of anilines is 2. The molecule has 10 heteroatoms. The Morgan fingerprint density at radius 1 is 1.12 bits per heavy atom. The van der Waals surface area contributed by atoms with Gasteiger partial charge in [-0.05, 0) is 84.8 Å². The number of hydrogen-bond donors (Lipinski definition) is 3. The molecule has 2 heterocycles. The number of carbonyl (C=O) groups is 1. The summed E-state index contributed by atoms with van der Waals surface area (Å²) in [7, 11) is 1.63. The Bertz CT molecular complexity index is 1410. The summed E-state index contributed by atoms with van der Waals surface area (Å²) in [5.74, 6) is -0.486. The predicted octanol–water partition coefficient (Wildman–Crippen LogP) is 6.33. The first-order valence-electron chi connectivity index (χ1n) is 9.90. The highest BCUT2D eigenvalue weighted by molar-refractivity contribution is 7.99. The van der Waals surface area contributed by atoms with E-state index in [1.165, 1.54) is 33.9 Å². The van der Waals surface area contributed by atoms with Gasteiger partial charge in [-0.25, -0.2) is 9.18 Å². The van der Waals surface area contributed by atoms with Crippen molar-refractivity contribution < 1.29 is 9.18 Å². The van der Waals surface area contributed by atoms with Crippen LogP contribution in [0.4, 0.5) is 20.6 Å². The number of halogens is 2. The van der Waals surface area contributed by atoms with Gasteiger partial charge < -0.3 is 10.6 Å². The number of fused-ring (bicyclic) bond motifs is 1. The van der Waals surface area contributed by atoms with Crippen LogP contribution in [0.3, 0.4) is 0 Å². The number of carbonyl (C=O) groups excluding carboxylic acids is 1. The molecular formula is C23H20ClFN4O2S2. The fourth-order valence-electron chi connectivity index (χ4n) is 3.53. The van der Waals surface area contributed by atoms with Crippen LogP contribution in [0.2, 0.25) is 4.34 Å². The molecule has 2 aromatic carbocycles. The van der Waals surface area contributed by atoms with Crippen molar-refractivity contribution in [2.45, 2.75) is 18.1 Å².